The van der Waals surface area contributed by atoms with Gasteiger partial charge < -0.3 is 15.1 Å². The molecule has 0 radical (unpaired) electrons. The van der Waals surface area contributed by atoms with Crippen molar-refractivity contribution in [1.82, 2.24) is 19.7 Å². The Morgan fingerprint density at radius 2 is 1.80 bits per heavy atom. The van der Waals surface area contributed by atoms with Crippen molar-refractivity contribution in [2.45, 2.75) is 45.8 Å². The van der Waals surface area contributed by atoms with E-state index < -0.39 is 59.9 Å². The predicted octanol–water partition coefficient (Wildman–Crippen LogP) is 3.55. The zero-order valence-corrected chi connectivity index (χ0v) is 22.9. The van der Waals surface area contributed by atoms with Gasteiger partial charge in [-0.15, -0.1) is 5.10 Å². The van der Waals surface area contributed by atoms with Crippen molar-refractivity contribution >= 4 is 29.5 Å². The Bertz CT molecular complexity index is 1460. The molecule has 0 spiro atoms. The number of rotatable bonds is 6. The first kappa shape index (κ1) is 29.5. The van der Waals surface area contributed by atoms with Crippen molar-refractivity contribution < 1.29 is 32.0 Å². The van der Waals surface area contributed by atoms with E-state index >= 15 is 0 Å². The molecule has 1 saturated heterocycles. The van der Waals surface area contributed by atoms with E-state index in [0.29, 0.717) is 11.1 Å². The van der Waals surface area contributed by atoms with Gasteiger partial charge in [0.15, 0.2) is 5.82 Å². The van der Waals surface area contributed by atoms with E-state index in [9.17, 15) is 27.6 Å². The Morgan fingerprint density at radius 1 is 1.15 bits per heavy atom. The molecule has 14 heteroatoms. The van der Waals surface area contributed by atoms with Crippen LogP contribution < -0.4 is 10.6 Å². The summed E-state index contributed by atoms with van der Waals surface area (Å²) in [6, 6.07) is 8.03. The zero-order chi connectivity index (χ0) is 30.3. The van der Waals surface area contributed by atoms with Crippen molar-refractivity contribution in [2.75, 3.05) is 18.5 Å². The summed E-state index contributed by atoms with van der Waals surface area (Å²) in [6.45, 7) is 4.46. The van der Waals surface area contributed by atoms with Gasteiger partial charge in [-0.3, -0.25) is 24.7 Å². The molecule has 2 amide bonds. The van der Waals surface area contributed by atoms with Crippen molar-refractivity contribution in [2.24, 2.45) is 17.1 Å². The summed E-state index contributed by atoms with van der Waals surface area (Å²) in [5.41, 5.74) is 5.77. The molecule has 2 atom stereocenters. The van der Waals surface area contributed by atoms with Crippen LogP contribution in [0.25, 0.3) is 0 Å². The molecule has 2 unspecified atom stereocenters. The number of amides is 2. The van der Waals surface area contributed by atoms with Crippen molar-refractivity contribution in [3.63, 3.8) is 0 Å². The van der Waals surface area contributed by atoms with Gasteiger partial charge in [-0.05, 0) is 18.1 Å². The fourth-order valence-corrected chi connectivity index (χ4v) is 4.61. The first-order valence-electron chi connectivity index (χ1n) is 12.7. The van der Waals surface area contributed by atoms with Crippen LogP contribution >= 0.6 is 0 Å². The molecule has 1 aromatic carbocycles. The molecular weight excluding hydrogens is 543 g/mol. The Balaban J connectivity index is 1.78. The molecular formula is C27H30F3N7O4. The van der Waals surface area contributed by atoms with Crippen molar-refractivity contribution in [3.8, 4) is 0 Å². The summed E-state index contributed by atoms with van der Waals surface area (Å²) in [5.74, 6) is -7.26. The average molecular weight is 574 g/mol. The number of alkyl halides is 3. The summed E-state index contributed by atoms with van der Waals surface area (Å²) in [6.07, 6.45) is -2.91. The number of likely N-dealkylation sites (tertiary alicyclic amines) is 1. The first-order valence-corrected chi connectivity index (χ1v) is 12.7. The quantitative estimate of drug-likeness (QED) is 0.336. The number of anilines is 1. The minimum atomic E-state index is -4.79. The molecule has 3 N–H and O–H groups in total. The van der Waals surface area contributed by atoms with E-state index in [1.807, 2.05) is 0 Å². The molecule has 3 aromatic rings. The smallest absolute Gasteiger partial charge is 0.393 e. The number of amidine groups is 1. The SMILES string of the molecule is CN(Cc1ccc(C(=N)N)cc1)c1nc(C2C(=O)N(C(=O)C(C)(C)C)CCC2C(F)(F)F)nn1C(=O)c1ccoc1. The van der Waals surface area contributed by atoms with Gasteiger partial charge in [0, 0.05) is 31.1 Å². The molecule has 2 aromatic heterocycles. The number of nitrogen functional groups attached to an aromatic ring is 1. The highest BCUT2D eigenvalue weighted by Crippen LogP contribution is 2.44. The largest absolute Gasteiger partial charge is 0.472 e. The lowest BCUT2D eigenvalue weighted by Gasteiger charge is -2.38. The maximum Gasteiger partial charge on any atom is 0.393 e. The third-order valence-corrected chi connectivity index (χ3v) is 6.78. The molecule has 41 heavy (non-hydrogen) atoms. The molecule has 0 aliphatic carbocycles. The second-order valence-electron chi connectivity index (χ2n) is 10.9. The van der Waals surface area contributed by atoms with E-state index in [0.717, 1.165) is 15.8 Å². The van der Waals surface area contributed by atoms with Crippen LogP contribution in [-0.4, -0.2) is 63.0 Å². The van der Waals surface area contributed by atoms with Crippen LogP contribution in [0.4, 0.5) is 19.1 Å². The number of carbonyl (C=O) groups excluding carboxylic acids is 3. The predicted molar refractivity (Wildman–Crippen MR) is 141 cm³/mol. The highest BCUT2D eigenvalue weighted by atomic mass is 19.4. The van der Waals surface area contributed by atoms with Gasteiger partial charge in [0.2, 0.25) is 17.8 Å². The molecule has 3 heterocycles. The molecule has 4 rings (SSSR count). The fraction of sp³-hybridized carbons (Fsp3) is 0.407. The van der Waals surface area contributed by atoms with E-state index in [-0.39, 0.29) is 23.9 Å². The van der Waals surface area contributed by atoms with Crippen LogP contribution in [0.1, 0.15) is 60.4 Å². The van der Waals surface area contributed by atoms with Gasteiger partial charge in [0.1, 0.15) is 18.0 Å². The number of hydrogen-bond acceptors (Lipinski definition) is 8. The minimum Gasteiger partial charge on any atom is -0.472 e. The Labute approximate surface area is 233 Å². The third-order valence-electron chi connectivity index (χ3n) is 6.78. The van der Waals surface area contributed by atoms with Crippen LogP contribution in [0, 0.1) is 16.7 Å². The lowest BCUT2D eigenvalue weighted by molar-refractivity contribution is -0.197. The summed E-state index contributed by atoms with van der Waals surface area (Å²) >= 11 is 0. The van der Waals surface area contributed by atoms with Crippen LogP contribution in [-0.2, 0) is 16.1 Å². The van der Waals surface area contributed by atoms with E-state index in [2.05, 4.69) is 10.1 Å². The number of piperidine rings is 1. The molecule has 218 valence electrons. The van der Waals surface area contributed by atoms with Crippen LogP contribution in [0.3, 0.4) is 0 Å². The minimum absolute atomic E-state index is 0.0637. The van der Waals surface area contributed by atoms with Gasteiger partial charge in [0.05, 0.1) is 17.7 Å². The number of halogens is 3. The summed E-state index contributed by atoms with van der Waals surface area (Å²) in [5, 5.41) is 11.7. The normalized spacial score (nSPS) is 17.9. The van der Waals surface area contributed by atoms with Crippen LogP contribution in [0.5, 0.6) is 0 Å². The number of nitrogens with one attached hydrogen (secondary N) is 1. The highest BCUT2D eigenvalue weighted by molar-refractivity contribution is 6.01. The number of hydrogen-bond donors (Lipinski definition) is 2. The van der Waals surface area contributed by atoms with Crippen LogP contribution in [0.2, 0.25) is 0 Å². The Kier molecular flexibility index (Phi) is 7.78. The molecule has 0 saturated carbocycles. The van der Waals surface area contributed by atoms with Gasteiger partial charge in [-0.1, -0.05) is 45.0 Å². The molecule has 0 bridgehead atoms. The molecule has 11 nitrogen and oxygen atoms in total. The van der Waals surface area contributed by atoms with Crippen molar-refractivity contribution in [3.05, 3.63) is 65.4 Å². The lowest BCUT2D eigenvalue weighted by atomic mass is 9.82. The standard InChI is InChI=1S/C27H30F3N7O4/c1-26(2,3)24(40)36-11-9-18(27(28,29)30)19(23(36)39)21-33-25(37(34-21)22(38)17-10-12-41-14-17)35(4)13-15-5-7-16(8-6-15)20(31)32/h5-8,10,12,14,18-19H,9,11,13H2,1-4H3,(H3,31,32). The topological polar surface area (TPSA) is 151 Å². The van der Waals surface area contributed by atoms with Gasteiger partial charge >= 0.3 is 6.18 Å². The number of imide groups is 1. The van der Waals surface area contributed by atoms with Gasteiger partial charge in [-0.25, -0.2) is 0 Å². The molecule has 1 aliphatic heterocycles. The number of furan rings is 1. The Morgan fingerprint density at radius 3 is 2.34 bits per heavy atom. The summed E-state index contributed by atoms with van der Waals surface area (Å²) in [4.78, 5) is 46.4. The summed E-state index contributed by atoms with van der Waals surface area (Å²) < 4.78 is 48.4. The van der Waals surface area contributed by atoms with Crippen LogP contribution in [0.15, 0.2) is 47.3 Å². The van der Waals surface area contributed by atoms with Gasteiger partial charge in [0.25, 0.3) is 5.91 Å². The average Bonchev–Trinajstić information content (AvgIpc) is 3.58. The number of carbonyl (C=O) groups is 3. The Hall–Kier alpha value is -4.49. The van der Waals surface area contributed by atoms with Gasteiger partial charge in [-0.2, -0.15) is 22.8 Å². The maximum atomic E-state index is 14.2. The number of benzene rings is 1. The number of aromatic nitrogens is 3. The zero-order valence-electron chi connectivity index (χ0n) is 22.9. The molecule has 1 aliphatic rings. The van der Waals surface area contributed by atoms with E-state index in [4.69, 9.17) is 15.6 Å². The van der Waals surface area contributed by atoms with Crippen molar-refractivity contribution in [1.29, 1.82) is 5.41 Å². The maximum absolute atomic E-state index is 14.2. The lowest BCUT2D eigenvalue weighted by Crippen LogP contribution is -2.53. The first-order chi connectivity index (χ1) is 19.1. The van der Waals surface area contributed by atoms with E-state index in [1.54, 1.807) is 52.1 Å². The second kappa shape index (κ2) is 10.8. The number of nitrogens with zero attached hydrogens (tertiary/aromatic N) is 5. The third kappa shape index (κ3) is 6.00. The van der Waals surface area contributed by atoms with E-state index in [1.165, 1.54) is 17.2 Å². The molecule has 1 fully saturated rings. The monoisotopic (exact) mass is 573 g/mol. The fourth-order valence-electron chi connectivity index (χ4n) is 4.61. The second-order valence-corrected chi connectivity index (χ2v) is 10.9. The highest BCUT2D eigenvalue weighted by Gasteiger charge is 2.55. The summed E-state index contributed by atoms with van der Waals surface area (Å²) in [7, 11) is 1.56. The number of nitrogens with two attached hydrogens (primary N) is 1.